The zero-order chi connectivity index (χ0) is 41.7. The molecule has 3 heterocycles. The van der Waals surface area contributed by atoms with Gasteiger partial charge >= 0.3 is 0 Å². The van der Waals surface area contributed by atoms with Crippen LogP contribution in [0.5, 0.6) is 0 Å². The highest BCUT2D eigenvalue weighted by molar-refractivity contribution is 6.15. The van der Waals surface area contributed by atoms with Gasteiger partial charge in [0.25, 0.3) is 0 Å². The summed E-state index contributed by atoms with van der Waals surface area (Å²) in [5, 5.41) is 9.70. The fourth-order valence-electron chi connectivity index (χ4n) is 9.21. The fraction of sp³-hybridized carbons (Fsp3) is 0.0172. The summed E-state index contributed by atoms with van der Waals surface area (Å²) in [5.74, 6) is 1.47. The Morgan fingerprint density at radius 2 is 1.05 bits per heavy atom. The molecule has 0 fully saturated rings. The number of para-hydroxylation sites is 2. The van der Waals surface area contributed by atoms with Gasteiger partial charge in [-0.05, 0) is 87.1 Å². The van der Waals surface area contributed by atoms with E-state index in [1.807, 2.05) is 24.3 Å². The highest BCUT2D eigenvalue weighted by Gasteiger charge is 2.23. The first-order chi connectivity index (χ1) is 31.2. The Morgan fingerprint density at radius 3 is 1.79 bits per heavy atom. The van der Waals surface area contributed by atoms with Crippen molar-refractivity contribution in [1.29, 1.82) is 0 Å². The van der Waals surface area contributed by atoms with E-state index < -0.39 is 0 Å². The molecule has 5 heteroatoms. The van der Waals surface area contributed by atoms with Crippen molar-refractivity contribution in [2.75, 3.05) is 0 Å². The highest BCUT2D eigenvalue weighted by Crippen LogP contribution is 2.38. The van der Waals surface area contributed by atoms with Gasteiger partial charge in [0, 0.05) is 38.5 Å². The summed E-state index contributed by atoms with van der Waals surface area (Å²) in [6.07, 6.45) is -0.367. The van der Waals surface area contributed by atoms with Crippen molar-refractivity contribution in [3.8, 4) is 39.2 Å². The van der Waals surface area contributed by atoms with Gasteiger partial charge < -0.3 is 9.88 Å². The molecule has 0 radical (unpaired) electrons. The number of fused-ring (bicyclic) bond motifs is 6. The van der Waals surface area contributed by atoms with E-state index in [-0.39, 0.29) is 6.17 Å². The topological polar surface area (TPSA) is 54.6 Å². The van der Waals surface area contributed by atoms with Crippen LogP contribution in [0.2, 0.25) is 0 Å². The Morgan fingerprint density at radius 1 is 0.429 bits per heavy atom. The normalized spacial score (nSPS) is 13.9. The molecule has 1 aliphatic rings. The Labute approximate surface area is 365 Å². The molecule has 1 aliphatic heterocycles. The predicted molar refractivity (Wildman–Crippen MR) is 262 cm³/mol. The summed E-state index contributed by atoms with van der Waals surface area (Å²) >= 11 is 0. The Balaban J connectivity index is 0.930. The highest BCUT2D eigenvalue weighted by atomic mass is 15.2. The molecule has 2 aromatic heterocycles. The SMILES string of the molecule is c1ccc(C2=NC(c3cccc(-n4c5ccccc5c5ccccc54)c3)NC(c3cccc(-c4ccc5c(ccc6nc(-c7ccccc7)cc(-c7ccccc7)c65)c4)c3)=N2)cc1. The van der Waals surface area contributed by atoms with Crippen LogP contribution in [0.1, 0.15) is 22.9 Å². The minimum absolute atomic E-state index is 0.367. The van der Waals surface area contributed by atoms with E-state index >= 15 is 0 Å². The van der Waals surface area contributed by atoms with Crippen LogP contribution in [0.4, 0.5) is 0 Å². The van der Waals surface area contributed by atoms with Crippen LogP contribution in [0.3, 0.4) is 0 Å². The summed E-state index contributed by atoms with van der Waals surface area (Å²) in [7, 11) is 0. The summed E-state index contributed by atoms with van der Waals surface area (Å²) in [5.41, 5.74) is 14.1. The summed E-state index contributed by atoms with van der Waals surface area (Å²) in [4.78, 5) is 15.6. The second-order valence-electron chi connectivity index (χ2n) is 16.1. The lowest BCUT2D eigenvalue weighted by Crippen LogP contribution is -2.33. The molecule has 1 N–H and O–H groups in total. The number of rotatable bonds is 7. The number of nitrogens with one attached hydrogen (secondary N) is 1. The third-order valence-electron chi connectivity index (χ3n) is 12.2. The largest absolute Gasteiger partial charge is 0.344 e. The van der Waals surface area contributed by atoms with E-state index in [4.69, 9.17) is 15.0 Å². The Bertz CT molecular complexity index is 3540. The average Bonchev–Trinajstić information content (AvgIpc) is 3.71. The molecular formula is C58H39N5. The van der Waals surface area contributed by atoms with Crippen LogP contribution < -0.4 is 5.32 Å². The molecule has 63 heavy (non-hydrogen) atoms. The average molecular weight is 806 g/mol. The van der Waals surface area contributed by atoms with Gasteiger partial charge in [0.15, 0.2) is 5.84 Å². The maximum atomic E-state index is 5.24. The first kappa shape index (κ1) is 36.4. The fourth-order valence-corrected chi connectivity index (χ4v) is 9.21. The molecule has 1 atom stereocenters. The smallest absolute Gasteiger partial charge is 0.159 e. The van der Waals surface area contributed by atoms with Crippen LogP contribution in [0.25, 0.3) is 82.7 Å². The van der Waals surface area contributed by atoms with Crippen molar-refractivity contribution in [3.05, 3.63) is 241 Å². The maximum absolute atomic E-state index is 5.24. The lowest BCUT2D eigenvalue weighted by atomic mass is 9.93. The summed E-state index contributed by atoms with van der Waals surface area (Å²) in [6.45, 7) is 0. The number of nitrogens with zero attached hydrogens (tertiary/aromatic N) is 4. The molecule has 296 valence electrons. The van der Waals surface area contributed by atoms with E-state index in [1.165, 1.54) is 38.3 Å². The molecule has 12 rings (SSSR count). The summed E-state index contributed by atoms with van der Waals surface area (Å²) < 4.78 is 2.35. The van der Waals surface area contributed by atoms with Crippen LogP contribution in [0.15, 0.2) is 234 Å². The van der Waals surface area contributed by atoms with Crippen molar-refractivity contribution < 1.29 is 0 Å². The van der Waals surface area contributed by atoms with Crippen molar-refractivity contribution in [2.45, 2.75) is 6.17 Å². The van der Waals surface area contributed by atoms with Gasteiger partial charge in [-0.2, -0.15) is 0 Å². The number of aliphatic imine (C=N–C) groups is 2. The zero-order valence-electron chi connectivity index (χ0n) is 34.2. The van der Waals surface area contributed by atoms with E-state index in [0.717, 1.165) is 66.9 Å². The van der Waals surface area contributed by atoms with Crippen LogP contribution >= 0.6 is 0 Å². The second-order valence-corrected chi connectivity index (χ2v) is 16.1. The standard InChI is InChI=1S/C58H39N5/c1-4-16-38(17-5-1)50-37-52(39-18-6-2-7-19-39)59-51-33-31-43-34-42(30-32-47(43)55(50)51)41-22-14-23-44(35-41)57-60-56(40-20-8-3-9-21-40)61-58(62-57)45-24-15-25-46(36-45)63-53-28-12-10-26-48(53)49-27-11-13-29-54(49)63/h1-37,58H,(H,60,61,62). The molecule has 1 unspecified atom stereocenters. The molecular weight excluding hydrogens is 767 g/mol. The Kier molecular flexibility index (Phi) is 8.82. The van der Waals surface area contributed by atoms with Gasteiger partial charge in [-0.3, -0.25) is 0 Å². The van der Waals surface area contributed by atoms with Crippen LogP contribution in [0, 0.1) is 0 Å². The van der Waals surface area contributed by atoms with Crippen molar-refractivity contribution in [1.82, 2.24) is 14.9 Å². The molecule has 0 spiro atoms. The third kappa shape index (κ3) is 6.55. The lowest BCUT2D eigenvalue weighted by Gasteiger charge is -2.24. The first-order valence-corrected chi connectivity index (χ1v) is 21.4. The molecule has 0 saturated heterocycles. The molecule has 5 nitrogen and oxygen atoms in total. The minimum atomic E-state index is -0.367. The second kappa shape index (κ2) is 15.2. The minimum Gasteiger partial charge on any atom is -0.344 e. The van der Waals surface area contributed by atoms with Crippen molar-refractivity contribution in [2.24, 2.45) is 9.98 Å². The van der Waals surface area contributed by atoms with Gasteiger partial charge in [0.2, 0.25) is 0 Å². The van der Waals surface area contributed by atoms with Crippen LogP contribution in [-0.2, 0) is 0 Å². The van der Waals surface area contributed by atoms with Gasteiger partial charge in [0.1, 0.15) is 12.0 Å². The predicted octanol–water partition coefficient (Wildman–Crippen LogP) is 14.0. The van der Waals surface area contributed by atoms with Gasteiger partial charge in [-0.1, -0.05) is 176 Å². The van der Waals surface area contributed by atoms with Crippen molar-refractivity contribution >= 4 is 55.2 Å². The molecule has 0 saturated carbocycles. The number of aromatic nitrogens is 2. The zero-order valence-corrected chi connectivity index (χ0v) is 34.2. The molecule has 11 aromatic rings. The number of amidine groups is 2. The quantitative estimate of drug-likeness (QED) is 0.163. The first-order valence-electron chi connectivity index (χ1n) is 21.4. The monoisotopic (exact) mass is 805 g/mol. The number of hydrogen-bond donors (Lipinski definition) is 1. The van der Waals surface area contributed by atoms with Crippen molar-refractivity contribution in [3.63, 3.8) is 0 Å². The van der Waals surface area contributed by atoms with Gasteiger partial charge in [-0.25, -0.2) is 15.0 Å². The van der Waals surface area contributed by atoms with Gasteiger partial charge in [0.05, 0.1) is 22.2 Å². The molecule has 0 bridgehead atoms. The van der Waals surface area contributed by atoms with E-state index in [1.54, 1.807) is 0 Å². The van der Waals surface area contributed by atoms with E-state index in [0.29, 0.717) is 5.84 Å². The number of hydrogen-bond acceptors (Lipinski definition) is 4. The maximum Gasteiger partial charge on any atom is 0.159 e. The van der Waals surface area contributed by atoms with Gasteiger partial charge in [-0.15, -0.1) is 0 Å². The lowest BCUT2D eigenvalue weighted by molar-refractivity contribution is 0.674. The number of benzene rings is 9. The third-order valence-corrected chi connectivity index (χ3v) is 12.2. The Hall–Kier alpha value is -8.41. The molecule has 0 aliphatic carbocycles. The number of pyridine rings is 1. The van der Waals surface area contributed by atoms with Crippen LogP contribution in [-0.4, -0.2) is 21.2 Å². The summed E-state index contributed by atoms with van der Waals surface area (Å²) in [6, 6.07) is 79.3. The van der Waals surface area contributed by atoms with E-state index in [2.05, 4.69) is 210 Å². The molecule has 9 aromatic carbocycles. The van der Waals surface area contributed by atoms with E-state index in [9.17, 15) is 0 Å². The molecule has 0 amide bonds.